The molecule has 0 aliphatic carbocycles. The van der Waals surface area contributed by atoms with Crippen molar-refractivity contribution in [3.63, 3.8) is 0 Å². The first-order chi connectivity index (χ1) is 8.25. The number of hydrogen-bond acceptors (Lipinski definition) is 3. The Kier molecular flexibility index (Phi) is 4.40. The van der Waals surface area contributed by atoms with Crippen molar-refractivity contribution in [2.45, 2.75) is 39.3 Å². The molecule has 17 heavy (non-hydrogen) atoms. The SMILES string of the molecule is Cc1cscc1CNC(C)CCc1ccco1. The number of furan rings is 1. The largest absolute Gasteiger partial charge is 0.469 e. The Morgan fingerprint density at radius 3 is 2.94 bits per heavy atom. The molecule has 1 N–H and O–H groups in total. The summed E-state index contributed by atoms with van der Waals surface area (Å²) in [5, 5.41) is 7.98. The van der Waals surface area contributed by atoms with Crippen molar-refractivity contribution < 1.29 is 4.42 Å². The van der Waals surface area contributed by atoms with Gasteiger partial charge in [0.15, 0.2) is 0 Å². The molecular weight excluding hydrogens is 230 g/mol. The Morgan fingerprint density at radius 2 is 2.29 bits per heavy atom. The van der Waals surface area contributed by atoms with Crippen LogP contribution in [0.5, 0.6) is 0 Å². The fourth-order valence-corrected chi connectivity index (χ4v) is 2.62. The van der Waals surface area contributed by atoms with Gasteiger partial charge in [-0.25, -0.2) is 0 Å². The molecule has 0 saturated carbocycles. The molecule has 2 aromatic heterocycles. The predicted molar refractivity (Wildman–Crippen MR) is 72.4 cm³/mol. The summed E-state index contributed by atoms with van der Waals surface area (Å²) in [6, 6.07) is 4.50. The normalized spacial score (nSPS) is 12.8. The summed E-state index contributed by atoms with van der Waals surface area (Å²) in [6.07, 6.45) is 3.85. The summed E-state index contributed by atoms with van der Waals surface area (Å²) in [5.74, 6) is 1.07. The van der Waals surface area contributed by atoms with Crippen LogP contribution >= 0.6 is 11.3 Å². The lowest BCUT2D eigenvalue weighted by Gasteiger charge is -2.12. The van der Waals surface area contributed by atoms with E-state index < -0.39 is 0 Å². The van der Waals surface area contributed by atoms with Crippen molar-refractivity contribution in [3.05, 3.63) is 46.0 Å². The first kappa shape index (κ1) is 12.4. The highest BCUT2D eigenvalue weighted by molar-refractivity contribution is 7.08. The van der Waals surface area contributed by atoms with Gasteiger partial charge in [0.25, 0.3) is 0 Å². The van der Waals surface area contributed by atoms with Gasteiger partial charge >= 0.3 is 0 Å². The van der Waals surface area contributed by atoms with E-state index in [9.17, 15) is 0 Å². The van der Waals surface area contributed by atoms with E-state index in [1.165, 1.54) is 11.1 Å². The maximum absolute atomic E-state index is 5.33. The zero-order chi connectivity index (χ0) is 12.1. The van der Waals surface area contributed by atoms with E-state index in [1.807, 2.05) is 12.1 Å². The highest BCUT2D eigenvalue weighted by Crippen LogP contribution is 2.13. The highest BCUT2D eigenvalue weighted by atomic mass is 32.1. The number of nitrogens with one attached hydrogen (secondary N) is 1. The number of rotatable bonds is 6. The first-order valence-electron chi connectivity index (χ1n) is 6.03. The van der Waals surface area contributed by atoms with Gasteiger partial charge < -0.3 is 9.73 Å². The zero-order valence-corrected chi connectivity index (χ0v) is 11.2. The molecule has 0 bridgehead atoms. The van der Waals surface area contributed by atoms with Crippen molar-refractivity contribution in [2.75, 3.05) is 0 Å². The van der Waals surface area contributed by atoms with Crippen LogP contribution in [0.25, 0.3) is 0 Å². The van der Waals surface area contributed by atoms with Gasteiger partial charge in [-0.1, -0.05) is 0 Å². The van der Waals surface area contributed by atoms with Crippen LogP contribution in [0, 0.1) is 6.92 Å². The van der Waals surface area contributed by atoms with Gasteiger partial charge in [-0.15, -0.1) is 0 Å². The van der Waals surface area contributed by atoms with E-state index in [4.69, 9.17) is 4.42 Å². The minimum absolute atomic E-state index is 0.513. The third-order valence-electron chi connectivity index (χ3n) is 3.01. The van der Waals surface area contributed by atoms with Crippen molar-refractivity contribution in [1.29, 1.82) is 0 Å². The third-order valence-corrected chi connectivity index (χ3v) is 3.92. The second kappa shape index (κ2) is 6.03. The predicted octanol–water partition coefficient (Wildman–Crippen LogP) is 3.76. The topological polar surface area (TPSA) is 25.2 Å². The van der Waals surface area contributed by atoms with Crippen molar-refractivity contribution in [3.8, 4) is 0 Å². The van der Waals surface area contributed by atoms with Crippen molar-refractivity contribution in [1.82, 2.24) is 5.32 Å². The molecule has 0 aromatic carbocycles. The van der Waals surface area contributed by atoms with Crippen LogP contribution in [0.2, 0.25) is 0 Å². The first-order valence-corrected chi connectivity index (χ1v) is 6.97. The van der Waals surface area contributed by atoms with Crippen molar-refractivity contribution >= 4 is 11.3 Å². The molecule has 0 spiro atoms. The van der Waals surface area contributed by atoms with E-state index in [1.54, 1.807) is 17.6 Å². The second-order valence-electron chi connectivity index (χ2n) is 4.48. The second-order valence-corrected chi connectivity index (χ2v) is 5.22. The minimum Gasteiger partial charge on any atom is -0.469 e. The third kappa shape index (κ3) is 3.72. The quantitative estimate of drug-likeness (QED) is 0.843. The molecule has 2 nitrogen and oxygen atoms in total. The van der Waals surface area contributed by atoms with Crippen LogP contribution < -0.4 is 5.32 Å². The fraction of sp³-hybridized carbons (Fsp3) is 0.429. The lowest BCUT2D eigenvalue weighted by atomic mass is 10.1. The van der Waals surface area contributed by atoms with Gasteiger partial charge in [0, 0.05) is 19.0 Å². The van der Waals surface area contributed by atoms with E-state index in [0.29, 0.717) is 6.04 Å². The molecule has 2 aromatic rings. The van der Waals surface area contributed by atoms with Gasteiger partial charge in [0.05, 0.1) is 6.26 Å². The Bertz CT molecular complexity index is 433. The Labute approximate surface area is 107 Å². The summed E-state index contributed by atoms with van der Waals surface area (Å²) < 4.78 is 5.33. The molecule has 1 unspecified atom stereocenters. The highest BCUT2D eigenvalue weighted by Gasteiger charge is 2.05. The van der Waals surface area contributed by atoms with Crippen LogP contribution in [-0.2, 0) is 13.0 Å². The van der Waals surface area contributed by atoms with E-state index in [-0.39, 0.29) is 0 Å². The van der Waals surface area contributed by atoms with Gasteiger partial charge in [-0.05, 0) is 54.3 Å². The summed E-state index contributed by atoms with van der Waals surface area (Å²) in [6.45, 7) is 5.36. The van der Waals surface area contributed by atoms with Crippen LogP contribution in [0.4, 0.5) is 0 Å². The number of hydrogen-bond donors (Lipinski definition) is 1. The zero-order valence-electron chi connectivity index (χ0n) is 10.4. The monoisotopic (exact) mass is 249 g/mol. The molecule has 1 atom stereocenters. The summed E-state index contributed by atoms with van der Waals surface area (Å²) >= 11 is 1.77. The van der Waals surface area contributed by atoms with Gasteiger partial charge in [0.1, 0.15) is 5.76 Å². The Hall–Kier alpha value is -1.06. The number of aryl methyl sites for hydroxylation is 2. The van der Waals surface area contributed by atoms with E-state index >= 15 is 0 Å². The molecule has 3 heteroatoms. The van der Waals surface area contributed by atoms with Crippen molar-refractivity contribution in [2.24, 2.45) is 0 Å². The fourth-order valence-electron chi connectivity index (χ4n) is 1.77. The van der Waals surface area contributed by atoms with Gasteiger partial charge in [0.2, 0.25) is 0 Å². The molecule has 2 heterocycles. The summed E-state index contributed by atoms with van der Waals surface area (Å²) in [5.41, 5.74) is 2.81. The molecule has 0 saturated heterocycles. The summed E-state index contributed by atoms with van der Waals surface area (Å²) in [7, 11) is 0. The molecule has 92 valence electrons. The van der Waals surface area contributed by atoms with Crippen LogP contribution in [0.15, 0.2) is 33.6 Å². The average molecular weight is 249 g/mol. The lowest BCUT2D eigenvalue weighted by Crippen LogP contribution is -2.25. The molecule has 0 fully saturated rings. The molecule has 0 amide bonds. The molecule has 2 rings (SSSR count). The van der Waals surface area contributed by atoms with E-state index in [2.05, 4.69) is 29.9 Å². The minimum atomic E-state index is 0.513. The van der Waals surface area contributed by atoms with Crippen LogP contribution in [-0.4, -0.2) is 6.04 Å². The van der Waals surface area contributed by atoms with Gasteiger partial charge in [-0.2, -0.15) is 11.3 Å². The van der Waals surface area contributed by atoms with Crippen LogP contribution in [0.1, 0.15) is 30.2 Å². The molecular formula is C14H19NOS. The average Bonchev–Trinajstić information content (AvgIpc) is 2.95. The smallest absolute Gasteiger partial charge is 0.103 e. The lowest BCUT2D eigenvalue weighted by molar-refractivity contribution is 0.460. The van der Waals surface area contributed by atoms with E-state index in [0.717, 1.165) is 25.1 Å². The number of thiophene rings is 1. The molecule has 0 aliphatic rings. The Morgan fingerprint density at radius 1 is 1.41 bits per heavy atom. The standard InChI is InChI=1S/C14H19NOS/c1-11-9-17-10-13(11)8-15-12(2)5-6-14-4-3-7-16-14/h3-4,7,9-10,12,15H,5-6,8H2,1-2H3. The Balaban J connectivity index is 1.71. The molecule has 0 aliphatic heterocycles. The van der Waals surface area contributed by atoms with Crippen LogP contribution in [0.3, 0.4) is 0 Å². The maximum atomic E-state index is 5.33. The molecule has 0 radical (unpaired) electrons. The van der Waals surface area contributed by atoms with Gasteiger partial charge in [-0.3, -0.25) is 0 Å². The summed E-state index contributed by atoms with van der Waals surface area (Å²) in [4.78, 5) is 0. The maximum Gasteiger partial charge on any atom is 0.103 e.